The van der Waals surface area contributed by atoms with E-state index < -0.39 is 0 Å². The minimum absolute atomic E-state index is 0.525. The van der Waals surface area contributed by atoms with Crippen molar-refractivity contribution >= 4 is 22.0 Å². The molecule has 0 saturated heterocycles. The van der Waals surface area contributed by atoms with E-state index in [1.165, 1.54) is 68.1 Å². The summed E-state index contributed by atoms with van der Waals surface area (Å²) in [6.45, 7) is 2.28. The molecule has 1 atom stereocenters. The molecule has 0 spiro atoms. The van der Waals surface area contributed by atoms with Crippen molar-refractivity contribution in [3.05, 3.63) is 41.0 Å². The molecule has 0 aliphatic heterocycles. The summed E-state index contributed by atoms with van der Waals surface area (Å²) >= 11 is 3.86. The third-order valence-electron chi connectivity index (χ3n) is 4.23. The first kappa shape index (κ1) is 15.8. The lowest BCUT2D eigenvalue weighted by molar-refractivity contribution is 0.574. The third-order valence-corrected chi connectivity index (χ3v) is 5.21. The highest BCUT2D eigenvalue weighted by Crippen LogP contribution is 2.32. The molecule has 20 heavy (non-hydrogen) atoms. The maximum Gasteiger partial charge on any atom is 0.0395 e. The number of alkyl halides is 1. The van der Waals surface area contributed by atoms with Crippen LogP contribution in [-0.4, -0.2) is 0 Å². The van der Waals surface area contributed by atoms with E-state index in [0.717, 1.165) is 6.42 Å². The van der Waals surface area contributed by atoms with Gasteiger partial charge in [-0.15, -0.1) is 0 Å². The fraction of sp³-hybridized carbons (Fsp3) is 0.579. The fourth-order valence-corrected chi connectivity index (χ4v) is 3.52. The molecular formula is C19H27Br. The molecule has 1 aliphatic carbocycles. The maximum atomic E-state index is 3.86. The molecule has 0 fully saturated rings. The fourth-order valence-electron chi connectivity index (χ4n) is 2.91. The van der Waals surface area contributed by atoms with Crippen LogP contribution in [0.4, 0.5) is 0 Å². The van der Waals surface area contributed by atoms with Gasteiger partial charge in [0.2, 0.25) is 0 Å². The van der Waals surface area contributed by atoms with Crippen molar-refractivity contribution in [3.8, 4) is 0 Å². The van der Waals surface area contributed by atoms with Crippen LogP contribution in [0.3, 0.4) is 0 Å². The smallest absolute Gasteiger partial charge is 0.0395 e. The monoisotopic (exact) mass is 334 g/mol. The molecular weight excluding hydrogens is 308 g/mol. The zero-order valence-corrected chi connectivity index (χ0v) is 14.3. The second-order valence-corrected chi connectivity index (χ2v) is 7.05. The van der Waals surface area contributed by atoms with Crippen molar-refractivity contribution in [1.29, 1.82) is 0 Å². The molecule has 1 aromatic rings. The van der Waals surface area contributed by atoms with Crippen molar-refractivity contribution in [2.75, 3.05) is 0 Å². The summed E-state index contributed by atoms with van der Waals surface area (Å²) in [7, 11) is 0. The van der Waals surface area contributed by atoms with Crippen LogP contribution in [0.1, 0.15) is 79.8 Å². The number of hydrogen-bond donors (Lipinski definition) is 0. The average molecular weight is 335 g/mol. The third kappa shape index (κ3) is 4.77. The first-order valence-electron chi connectivity index (χ1n) is 8.24. The molecule has 0 heterocycles. The Morgan fingerprint density at radius 3 is 2.60 bits per heavy atom. The number of halogens is 1. The van der Waals surface area contributed by atoms with E-state index in [9.17, 15) is 0 Å². The molecule has 110 valence electrons. The Labute approximate surface area is 132 Å². The first-order chi connectivity index (χ1) is 9.81. The zero-order valence-electron chi connectivity index (χ0n) is 12.7. The molecule has 1 unspecified atom stereocenters. The van der Waals surface area contributed by atoms with Crippen LogP contribution in [0.15, 0.2) is 24.3 Å². The van der Waals surface area contributed by atoms with Crippen molar-refractivity contribution in [3.63, 3.8) is 0 Å². The zero-order chi connectivity index (χ0) is 14.2. The van der Waals surface area contributed by atoms with Crippen LogP contribution in [0, 0.1) is 0 Å². The number of hydrogen-bond acceptors (Lipinski definition) is 0. The molecule has 1 heteroatoms. The summed E-state index contributed by atoms with van der Waals surface area (Å²) in [5.74, 6) is 0. The second-order valence-electron chi connectivity index (χ2n) is 5.94. The molecule has 0 saturated carbocycles. The highest BCUT2D eigenvalue weighted by Gasteiger charge is 2.11. The molecule has 1 aromatic carbocycles. The summed E-state index contributed by atoms with van der Waals surface area (Å²) in [4.78, 5) is 0.525. The standard InChI is InChI=1S/C19H27Br/c1-2-3-4-5-6-7-8-12-19(20)18-14-13-16-10-9-11-17(16)15-18/h9,11,13-15,19H,2-8,10,12H2,1H3. The van der Waals surface area contributed by atoms with E-state index in [4.69, 9.17) is 0 Å². The molecule has 0 aromatic heterocycles. The highest BCUT2D eigenvalue weighted by atomic mass is 79.9. The normalized spacial score (nSPS) is 14.5. The van der Waals surface area contributed by atoms with Crippen LogP contribution in [-0.2, 0) is 6.42 Å². The number of rotatable bonds is 9. The van der Waals surface area contributed by atoms with Crippen LogP contribution >= 0.6 is 15.9 Å². The van der Waals surface area contributed by atoms with Gasteiger partial charge in [0.25, 0.3) is 0 Å². The van der Waals surface area contributed by atoms with E-state index in [-0.39, 0.29) is 0 Å². The van der Waals surface area contributed by atoms with Gasteiger partial charge < -0.3 is 0 Å². The Balaban J connectivity index is 1.67. The Bertz CT molecular complexity index is 433. The van der Waals surface area contributed by atoms with Crippen molar-refractivity contribution in [1.82, 2.24) is 0 Å². The summed E-state index contributed by atoms with van der Waals surface area (Å²) in [5, 5.41) is 0. The van der Waals surface area contributed by atoms with Crippen LogP contribution < -0.4 is 0 Å². The van der Waals surface area contributed by atoms with Crippen molar-refractivity contribution in [2.45, 2.75) is 69.5 Å². The summed E-state index contributed by atoms with van der Waals surface area (Å²) in [6.07, 6.45) is 16.6. The molecule has 2 rings (SSSR count). The summed E-state index contributed by atoms with van der Waals surface area (Å²) in [5.41, 5.74) is 4.34. The van der Waals surface area contributed by atoms with Gasteiger partial charge in [0, 0.05) is 4.83 Å². The van der Waals surface area contributed by atoms with E-state index in [2.05, 4.69) is 53.2 Å². The number of unbranched alkanes of at least 4 members (excludes halogenated alkanes) is 6. The quantitative estimate of drug-likeness (QED) is 0.342. The lowest BCUT2D eigenvalue weighted by Crippen LogP contribution is -1.93. The minimum Gasteiger partial charge on any atom is -0.0839 e. The van der Waals surface area contributed by atoms with E-state index >= 15 is 0 Å². The Kier molecular flexibility index (Phi) is 6.86. The molecule has 0 nitrogen and oxygen atoms in total. The van der Waals surface area contributed by atoms with Gasteiger partial charge in [-0.3, -0.25) is 0 Å². The number of fused-ring (bicyclic) bond motifs is 1. The van der Waals surface area contributed by atoms with Crippen LogP contribution in [0.2, 0.25) is 0 Å². The number of benzene rings is 1. The van der Waals surface area contributed by atoms with Gasteiger partial charge >= 0.3 is 0 Å². The molecule has 0 bridgehead atoms. The Morgan fingerprint density at radius 1 is 1.05 bits per heavy atom. The van der Waals surface area contributed by atoms with Gasteiger partial charge in [0.1, 0.15) is 0 Å². The summed E-state index contributed by atoms with van der Waals surface area (Å²) in [6, 6.07) is 6.95. The Morgan fingerprint density at radius 2 is 1.80 bits per heavy atom. The van der Waals surface area contributed by atoms with Gasteiger partial charge in [-0.05, 0) is 29.5 Å². The predicted octanol–water partition coefficient (Wildman–Crippen LogP) is 6.83. The van der Waals surface area contributed by atoms with Crippen molar-refractivity contribution < 1.29 is 0 Å². The van der Waals surface area contributed by atoms with Gasteiger partial charge in [-0.1, -0.05) is 98.2 Å². The van der Waals surface area contributed by atoms with Gasteiger partial charge in [-0.25, -0.2) is 0 Å². The topological polar surface area (TPSA) is 0 Å². The van der Waals surface area contributed by atoms with Crippen LogP contribution in [0.5, 0.6) is 0 Å². The predicted molar refractivity (Wildman–Crippen MR) is 93.5 cm³/mol. The van der Waals surface area contributed by atoms with Crippen LogP contribution in [0.25, 0.3) is 6.08 Å². The molecule has 0 N–H and O–H groups in total. The lowest BCUT2D eigenvalue weighted by Gasteiger charge is -2.12. The highest BCUT2D eigenvalue weighted by molar-refractivity contribution is 9.09. The number of allylic oxidation sites excluding steroid dienone is 1. The summed E-state index contributed by atoms with van der Waals surface area (Å²) < 4.78 is 0. The van der Waals surface area contributed by atoms with Gasteiger partial charge in [0.15, 0.2) is 0 Å². The molecule has 0 radical (unpaired) electrons. The average Bonchev–Trinajstić information content (AvgIpc) is 2.93. The van der Waals surface area contributed by atoms with Crippen molar-refractivity contribution in [2.24, 2.45) is 0 Å². The first-order valence-corrected chi connectivity index (χ1v) is 9.16. The lowest BCUT2D eigenvalue weighted by atomic mass is 10.0. The van der Waals surface area contributed by atoms with E-state index in [0.29, 0.717) is 4.83 Å². The largest absolute Gasteiger partial charge is 0.0839 e. The van der Waals surface area contributed by atoms with E-state index in [1.807, 2.05) is 0 Å². The molecule has 1 aliphatic rings. The van der Waals surface area contributed by atoms with Gasteiger partial charge in [0.05, 0.1) is 0 Å². The Hall–Kier alpha value is -0.560. The minimum atomic E-state index is 0.525. The maximum absolute atomic E-state index is 3.86. The molecule has 0 amide bonds. The SMILES string of the molecule is CCCCCCCCCC(Br)c1ccc2c(c1)C=CC2. The van der Waals surface area contributed by atoms with E-state index in [1.54, 1.807) is 0 Å². The second kappa shape index (κ2) is 8.67. The van der Waals surface area contributed by atoms with Gasteiger partial charge in [-0.2, -0.15) is 0 Å².